The van der Waals surface area contributed by atoms with Crippen LogP contribution in [0.2, 0.25) is 0 Å². The lowest BCUT2D eigenvalue weighted by Crippen LogP contribution is -2.11. The van der Waals surface area contributed by atoms with E-state index in [0.29, 0.717) is 17.7 Å². The maximum Gasteiger partial charge on any atom is 0.267 e. The van der Waals surface area contributed by atoms with Crippen molar-refractivity contribution in [3.05, 3.63) is 75.2 Å². The highest BCUT2D eigenvalue weighted by Gasteiger charge is 2.13. The number of aryl methyl sites for hydroxylation is 2. The van der Waals surface area contributed by atoms with Gasteiger partial charge in [-0.3, -0.25) is 4.79 Å². The van der Waals surface area contributed by atoms with Crippen molar-refractivity contribution in [1.82, 2.24) is 4.98 Å². The number of nitrogens with zero attached hydrogens (tertiary/aromatic N) is 1. The van der Waals surface area contributed by atoms with E-state index in [9.17, 15) is 4.79 Å². The maximum absolute atomic E-state index is 12.1. The van der Waals surface area contributed by atoms with Gasteiger partial charge in [-0.1, -0.05) is 24.3 Å². The van der Waals surface area contributed by atoms with Crippen LogP contribution in [0.15, 0.2) is 48.5 Å². The number of rotatable bonds is 6. The van der Waals surface area contributed by atoms with Gasteiger partial charge < -0.3 is 21.3 Å². The number of carbonyl (C=O) groups is 1. The number of hydrogen-bond acceptors (Lipinski definition) is 6. The summed E-state index contributed by atoms with van der Waals surface area (Å²) in [6.45, 7) is 4.00. The summed E-state index contributed by atoms with van der Waals surface area (Å²) in [7, 11) is 0. The predicted octanol–water partition coefficient (Wildman–Crippen LogP) is 3.35. The number of aliphatic hydroxyl groups is 2. The molecule has 29 heavy (non-hydrogen) atoms. The summed E-state index contributed by atoms with van der Waals surface area (Å²) in [4.78, 5) is 17.0. The second-order valence-corrected chi connectivity index (χ2v) is 7.70. The number of nitrogen functional groups attached to an aromatic ring is 1. The Morgan fingerprint density at radius 2 is 1.66 bits per heavy atom. The second-order valence-electron chi connectivity index (χ2n) is 6.49. The SMILES string of the molecule is Cc1nc(C)c(C(=O)Nc2cccc(CCO)c2)s1.Nc1cccc(CCO)c1. The quantitative estimate of drug-likeness (QED) is 0.464. The average Bonchev–Trinajstić information content (AvgIpc) is 3.01. The number of nitrogens with one attached hydrogen (secondary N) is 1. The molecule has 2 aromatic carbocycles. The maximum atomic E-state index is 12.1. The zero-order chi connectivity index (χ0) is 21.2. The molecule has 1 aromatic heterocycles. The molecular weight excluding hydrogens is 386 g/mol. The van der Waals surface area contributed by atoms with Gasteiger partial charge in [0.25, 0.3) is 5.91 Å². The van der Waals surface area contributed by atoms with Gasteiger partial charge in [-0.2, -0.15) is 0 Å². The summed E-state index contributed by atoms with van der Waals surface area (Å²) in [5, 5.41) is 21.2. The van der Waals surface area contributed by atoms with E-state index >= 15 is 0 Å². The molecule has 0 fully saturated rings. The summed E-state index contributed by atoms with van der Waals surface area (Å²) in [6, 6.07) is 15.0. The Morgan fingerprint density at radius 1 is 1.03 bits per heavy atom. The molecule has 0 aliphatic carbocycles. The van der Waals surface area contributed by atoms with Gasteiger partial charge in [0.05, 0.1) is 10.7 Å². The molecule has 0 aliphatic rings. The van der Waals surface area contributed by atoms with Crippen LogP contribution in [-0.4, -0.2) is 34.3 Å². The molecule has 0 saturated carbocycles. The zero-order valence-corrected chi connectivity index (χ0v) is 17.5. The lowest BCUT2D eigenvalue weighted by Gasteiger charge is -2.06. The molecular formula is C22H27N3O3S. The van der Waals surface area contributed by atoms with Crippen LogP contribution in [0.3, 0.4) is 0 Å². The first-order valence-corrected chi connectivity index (χ1v) is 10.1. The van der Waals surface area contributed by atoms with E-state index in [1.54, 1.807) is 0 Å². The largest absolute Gasteiger partial charge is 0.399 e. The van der Waals surface area contributed by atoms with Gasteiger partial charge in [0.15, 0.2) is 0 Å². The molecule has 3 rings (SSSR count). The molecule has 0 aliphatic heterocycles. The van der Waals surface area contributed by atoms with Crippen molar-refractivity contribution in [2.45, 2.75) is 26.7 Å². The monoisotopic (exact) mass is 413 g/mol. The number of anilines is 2. The second kappa shape index (κ2) is 11.3. The molecule has 6 nitrogen and oxygen atoms in total. The van der Waals surface area contributed by atoms with Crippen molar-refractivity contribution in [2.24, 2.45) is 0 Å². The number of thiazole rings is 1. The van der Waals surface area contributed by atoms with Gasteiger partial charge in [0, 0.05) is 24.6 Å². The van der Waals surface area contributed by atoms with Crippen LogP contribution >= 0.6 is 11.3 Å². The highest BCUT2D eigenvalue weighted by molar-refractivity contribution is 7.13. The number of aliphatic hydroxyl groups excluding tert-OH is 2. The van der Waals surface area contributed by atoms with E-state index in [1.165, 1.54) is 11.3 Å². The van der Waals surface area contributed by atoms with Crippen LogP contribution in [0.5, 0.6) is 0 Å². The highest BCUT2D eigenvalue weighted by atomic mass is 32.1. The van der Waals surface area contributed by atoms with E-state index in [2.05, 4.69) is 10.3 Å². The molecule has 0 bridgehead atoms. The number of carbonyl (C=O) groups excluding carboxylic acids is 1. The van der Waals surface area contributed by atoms with Gasteiger partial charge >= 0.3 is 0 Å². The summed E-state index contributed by atoms with van der Waals surface area (Å²) in [6.07, 6.45) is 1.27. The van der Waals surface area contributed by atoms with Crippen LogP contribution in [-0.2, 0) is 12.8 Å². The van der Waals surface area contributed by atoms with E-state index < -0.39 is 0 Å². The standard InChI is InChI=1S/C14H16N2O2S.C8H11NO/c1-9-13(19-10(2)15-9)14(18)16-12-5-3-4-11(8-12)6-7-17;9-8-3-1-2-7(6-8)4-5-10/h3-5,8,17H,6-7H2,1-2H3,(H,16,18);1-3,6,10H,4-5,9H2. The first-order chi connectivity index (χ1) is 13.9. The molecule has 0 atom stereocenters. The van der Waals surface area contributed by atoms with Crippen molar-refractivity contribution in [3.8, 4) is 0 Å². The van der Waals surface area contributed by atoms with Crippen LogP contribution in [0, 0.1) is 13.8 Å². The van der Waals surface area contributed by atoms with Crippen molar-refractivity contribution in [2.75, 3.05) is 24.3 Å². The highest BCUT2D eigenvalue weighted by Crippen LogP contribution is 2.19. The van der Waals surface area contributed by atoms with Crippen LogP contribution in [0.1, 0.15) is 31.5 Å². The van der Waals surface area contributed by atoms with Gasteiger partial charge in [-0.15, -0.1) is 11.3 Å². The Hall–Kier alpha value is -2.74. The number of aromatic nitrogens is 1. The lowest BCUT2D eigenvalue weighted by atomic mass is 10.1. The topological polar surface area (TPSA) is 108 Å². The van der Waals surface area contributed by atoms with Crippen molar-refractivity contribution in [3.63, 3.8) is 0 Å². The molecule has 3 aromatic rings. The molecule has 154 valence electrons. The average molecular weight is 414 g/mol. The zero-order valence-electron chi connectivity index (χ0n) is 16.7. The first-order valence-electron chi connectivity index (χ1n) is 9.33. The Bertz CT molecular complexity index is 941. The van der Waals surface area contributed by atoms with Crippen molar-refractivity contribution >= 4 is 28.6 Å². The summed E-state index contributed by atoms with van der Waals surface area (Å²) >= 11 is 1.39. The van der Waals surface area contributed by atoms with E-state index in [0.717, 1.165) is 33.2 Å². The Labute approximate surface area is 175 Å². The molecule has 7 heteroatoms. The van der Waals surface area contributed by atoms with E-state index in [1.807, 2.05) is 62.4 Å². The van der Waals surface area contributed by atoms with E-state index in [-0.39, 0.29) is 19.1 Å². The smallest absolute Gasteiger partial charge is 0.267 e. The normalized spacial score (nSPS) is 10.2. The number of benzene rings is 2. The minimum absolute atomic E-state index is 0.102. The van der Waals surface area contributed by atoms with Crippen molar-refractivity contribution in [1.29, 1.82) is 0 Å². The van der Waals surface area contributed by atoms with Gasteiger partial charge in [0.2, 0.25) is 0 Å². The molecule has 0 saturated heterocycles. The molecule has 1 amide bonds. The third-order valence-corrected chi connectivity index (χ3v) is 5.12. The number of nitrogens with two attached hydrogens (primary N) is 1. The molecule has 0 spiro atoms. The van der Waals surface area contributed by atoms with Gasteiger partial charge in [0.1, 0.15) is 4.88 Å². The van der Waals surface area contributed by atoms with Crippen molar-refractivity contribution < 1.29 is 15.0 Å². The van der Waals surface area contributed by atoms with Crippen LogP contribution in [0.4, 0.5) is 11.4 Å². The van der Waals surface area contributed by atoms with E-state index in [4.69, 9.17) is 15.9 Å². The van der Waals surface area contributed by atoms with Crippen LogP contribution in [0.25, 0.3) is 0 Å². The fraction of sp³-hybridized carbons (Fsp3) is 0.273. The molecule has 5 N–H and O–H groups in total. The minimum atomic E-state index is -0.135. The fourth-order valence-electron chi connectivity index (χ4n) is 2.74. The molecule has 0 radical (unpaired) electrons. The summed E-state index contributed by atoms with van der Waals surface area (Å²) in [5.74, 6) is -0.135. The van der Waals surface area contributed by atoms with Gasteiger partial charge in [-0.05, 0) is 62.1 Å². The van der Waals surface area contributed by atoms with Gasteiger partial charge in [-0.25, -0.2) is 4.98 Å². The summed E-state index contributed by atoms with van der Waals surface area (Å²) in [5.41, 5.74) is 9.84. The third-order valence-electron chi connectivity index (χ3n) is 4.05. The third kappa shape index (κ3) is 7.30. The number of amides is 1. The van der Waals surface area contributed by atoms with Crippen LogP contribution < -0.4 is 11.1 Å². The number of hydrogen-bond donors (Lipinski definition) is 4. The lowest BCUT2D eigenvalue weighted by molar-refractivity contribution is 0.103. The Kier molecular flexibility index (Phi) is 8.79. The predicted molar refractivity (Wildman–Crippen MR) is 118 cm³/mol. The molecule has 1 heterocycles. The summed E-state index contributed by atoms with van der Waals surface area (Å²) < 4.78 is 0. The fourth-order valence-corrected chi connectivity index (χ4v) is 3.56. The first kappa shape index (κ1) is 22.5. The molecule has 0 unspecified atom stereocenters. The Morgan fingerprint density at radius 3 is 2.21 bits per heavy atom. The minimum Gasteiger partial charge on any atom is -0.399 e. The Balaban J connectivity index is 0.000000253.